The fraction of sp³-hybridized carbons (Fsp3) is 0.500. The molecule has 1 aliphatic carbocycles. The van der Waals surface area contributed by atoms with Gasteiger partial charge in [-0.25, -0.2) is 4.39 Å². The monoisotopic (exact) mass is 235 g/mol. The maximum absolute atomic E-state index is 13.2. The largest absolute Gasteiger partial charge is 0.313 e. The highest BCUT2D eigenvalue weighted by molar-refractivity contribution is 5.79. The number of nitrogens with one attached hydrogen (secondary N) is 1. The molecule has 0 radical (unpaired) electrons. The normalized spacial score (nSPS) is 19.3. The van der Waals surface area contributed by atoms with Crippen molar-refractivity contribution in [2.75, 3.05) is 7.05 Å². The van der Waals surface area contributed by atoms with E-state index in [-0.39, 0.29) is 11.9 Å². The molecule has 0 aromatic heterocycles. The van der Waals surface area contributed by atoms with E-state index in [0.717, 1.165) is 18.4 Å². The van der Waals surface area contributed by atoms with Gasteiger partial charge in [0.2, 0.25) is 0 Å². The predicted octanol–water partition coefficient (Wildman–Crippen LogP) is 2.85. The average molecular weight is 235 g/mol. The molecular formula is C14H18FNO. The molecule has 1 aromatic carbocycles. The Kier molecular flexibility index (Phi) is 3.89. The molecule has 1 atom stereocenters. The zero-order valence-electron chi connectivity index (χ0n) is 10.1. The van der Waals surface area contributed by atoms with E-state index in [1.165, 1.54) is 6.07 Å². The molecule has 1 N–H and O–H groups in total. The van der Waals surface area contributed by atoms with Crippen molar-refractivity contribution < 1.29 is 9.18 Å². The van der Waals surface area contributed by atoms with Crippen molar-refractivity contribution in [2.45, 2.75) is 31.7 Å². The first kappa shape index (κ1) is 12.2. The van der Waals surface area contributed by atoms with Crippen molar-refractivity contribution in [1.82, 2.24) is 5.32 Å². The summed E-state index contributed by atoms with van der Waals surface area (Å²) in [5, 5.41) is 3.25. The SMILES string of the molecule is CNC(c1cccc(F)c1)C1CCC(=O)CC1. The van der Waals surface area contributed by atoms with E-state index in [1.54, 1.807) is 12.1 Å². The number of rotatable bonds is 3. The molecule has 1 unspecified atom stereocenters. The van der Waals surface area contributed by atoms with Crippen molar-refractivity contribution >= 4 is 5.78 Å². The second-order valence-electron chi connectivity index (χ2n) is 4.70. The smallest absolute Gasteiger partial charge is 0.132 e. The van der Waals surface area contributed by atoms with Gasteiger partial charge in [-0.15, -0.1) is 0 Å². The number of carbonyl (C=O) groups excluding carboxylic acids is 1. The van der Waals surface area contributed by atoms with Crippen LogP contribution in [0.1, 0.15) is 37.3 Å². The fourth-order valence-electron chi connectivity index (χ4n) is 2.67. The topological polar surface area (TPSA) is 29.1 Å². The Bertz CT molecular complexity index is 395. The summed E-state index contributed by atoms with van der Waals surface area (Å²) >= 11 is 0. The lowest BCUT2D eigenvalue weighted by molar-refractivity contribution is -0.121. The van der Waals surface area contributed by atoms with E-state index >= 15 is 0 Å². The molecule has 0 spiro atoms. The number of benzene rings is 1. The van der Waals surface area contributed by atoms with Gasteiger partial charge in [0.25, 0.3) is 0 Å². The Hall–Kier alpha value is -1.22. The second-order valence-corrected chi connectivity index (χ2v) is 4.70. The zero-order valence-corrected chi connectivity index (χ0v) is 10.1. The summed E-state index contributed by atoms with van der Waals surface area (Å²) in [6.07, 6.45) is 3.14. The molecule has 3 heteroatoms. The molecular weight excluding hydrogens is 217 g/mol. The Morgan fingerprint density at radius 2 is 2.06 bits per heavy atom. The number of ketones is 1. The van der Waals surface area contributed by atoms with Crippen LogP contribution in [0.25, 0.3) is 0 Å². The maximum Gasteiger partial charge on any atom is 0.132 e. The Morgan fingerprint density at radius 3 is 2.65 bits per heavy atom. The number of hydrogen-bond acceptors (Lipinski definition) is 2. The minimum Gasteiger partial charge on any atom is -0.313 e. The van der Waals surface area contributed by atoms with Gasteiger partial charge in [-0.1, -0.05) is 12.1 Å². The Balaban J connectivity index is 2.13. The lowest BCUT2D eigenvalue weighted by Crippen LogP contribution is -2.28. The maximum atomic E-state index is 13.2. The summed E-state index contributed by atoms with van der Waals surface area (Å²) in [6, 6.07) is 6.88. The third-order valence-electron chi connectivity index (χ3n) is 3.58. The van der Waals surface area contributed by atoms with Gasteiger partial charge in [0.1, 0.15) is 11.6 Å². The van der Waals surface area contributed by atoms with Crippen LogP contribution in [0.4, 0.5) is 4.39 Å². The van der Waals surface area contributed by atoms with Crippen molar-refractivity contribution in [3.63, 3.8) is 0 Å². The molecule has 1 saturated carbocycles. The molecule has 1 aliphatic rings. The van der Waals surface area contributed by atoms with Crippen LogP contribution in [0, 0.1) is 11.7 Å². The zero-order chi connectivity index (χ0) is 12.3. The third-order valence-corrected chi connectivity index (χ3v) is 3.58. The highest BCUT2D eigenvalue weighted by atomic mass is 19.1. The molecule has 0 aliphatic heterocycles. The molecule has 0 amide bonds. The first-order valence-electron chi connectivity index (χ1n) is 6.15. The van der Waals surface area contributed by atoms with E-state index in [4.69, 9.17) is 0 Å². The summed E-state index contributed by atoms with van der Waals surface area (Å²) in [5.74, 6) is 0.587. The molecule has 0 bridgehead atoms. The number of Topliss-reactive ketones (excluding diaryl/α,β-unsaturated/α-hetero) is 1. The summed E-state index contributed by atoms with van der Waals surface area (Å²) in [4.78, 5) is 11.2. The Morgan fingerprint density at radius 1 is 1.35 bits per heavy atom. The van der Waals surface area contributed by atoms with Gasteiger partial charge in [0.05, 0.1) is 0 Å². The van der Waals surface area contributed by atoms with Gasteiger partial charge < -0.3 is 5.32 Å². The predicted molar refractivity (Wildman–Crippen MR) is 65.2 cm³/mol. The first-order valence-corrected chi connectivity index (χ1v) is 6.15. The molecule has 0 saturated heterocycles. The van der Waals surface area contributed by atoms with Crippen LogP contribution in [-0.2, 0) is 4.79 Å². The van der Waals surface area contributed by atoms with Crippen LogP contribution in [0.15, 0.2) is 24.3 Å². The molecule has 1 aromatic rings. The van der Waals surface area contributed by atoms with Crippen molar-refractivity contribution in [3.05, 3.63) is 35.6 Å². The summed E-state index contributed by atoms with van der Waals surface area (Å²) in [7, 11) is 1.89. The fourth-order valence-corrected chi connectivity index (χ4v) is 2.67. The first-order chi connectivity index (χ1) is 8.20. The molecule has 1 fully saturated rings. The van der Waals surface area contributed by atoms with Gasteiger partial charge in [-0.3, -0.25) is 4.79 Å². The van der Waals surface area contributed by atoms with Crippen LogP contribution in [-0.4, -0.2) is 12.8 Å². The molecule has 2 nitrogen and oxygen atoms in total. The van der Waals surface area contributed by atoms with Crippen LogP contribution < -0.4 is 5.32 Å². The van der Waals surface area contributed by atoms with E-state index in [2.05, 4.69) is 5.32 Å². The summed E-state index contributed by atoms with van der Waals surface area (Å²) in [5.41, 5.74) is 0.979. The lowest BCUT2D eigenvalue weighted by atomic mass is 9.80. The minimum atomic E-state index is -0.199. The van der Waals surface area contributed by atoms with Gasteiger partial charge in [-0.05, 0) is 43.5 Å². The van der Waals surface area contributed by atoms with Crippen molar-refractivity contribution in [2.24, 2.45) is 5.92 Å². The molecule has 2 rings (SSSR count). The summed E-state index contributed by atoms with van der Waals surface area (Å²) < 4.78 is 13.2. The van der Waals surface area contributed by atoms with Crippen molar-refractivity contribution in [1.29, 1.82) is 0 Å². The third kappa shape index (κ3) is 2.91. The quantitative estimate of drug-likeness (QED) is 0.872. The molecule has 0 heterocycles. The van der Waals surface area contributed by atoms with E-state index in [9.17, 15) is 9.18 Å². The highest BCUT2D eigenvalue weighted by Gasteiger charge is 2.26. The number of hydrogen-bond donors (Lipinski definition) is 1. The van der Waals surface area contributed by atoms with E-state index in [1.807, 2.05) is 13.1 Å². The van der Waals surface area contributed by atoms with Crippen LogP contribution in [0.2, 0.25) is 0 Å². The van der Waals surface area contributed by atoms with Crippen LogP contribution in [0.5, 0.6) is 0 Å². The number of carbonyl (C=O) groups is 1. The van der Waals surface area contributed by atoms with Crippen molar-refractivity contribution in [3.8, 4) is 0 Å². The van der Waals surface area contributed by atoms with Gasteiger partial charge in [-0.2, -0.15) is 0 Å². The number of halogens is 1. The lowest BCUT2D eigenvalue weighted by Gasteiger charge is -2.29. The standard InChI is InChI=1S/C14H18FNO/c1-16-14(10-5-7-13(17)8-6-10)11-3-2-4-12(15)9-11/h2-4,9-10,14,16H,5-8H2,1H3. The van der Waals surface area contributed by atoms with Gasteiger partial charge >= 0.3 is 0 Å². The van der Waals surface area contributed by atoms with Gasteiger partial charge in [0.15, 0.2) is 0 Å². The van der Waals surface area contributed by atoms with E-state index < -0.39 is 0 Å². The summed E-state index contributed by atoms with van der Waals surface area (Å²) in [6.45, 7) is 0. The Labute approximate surface area is 101 Å². The minimum absolute atomic E-state index is 0.152. The van der Waals surface area contributed by atoms with Crippen LogP contribution in [0.3, 0.4) is 0 Å². The average Bonchev–Trinajstić information content (AvgIpc) is 2.33. The highest BCUT2D eigenvalue weighted by Crippen LogP contribution is 2.33. The van der Waals surface area contributed by atoms with E-state index in [0.29, 0.717) is 24.5 Å². The molecule has 17 heavy (non-hydrogen) atoms. The van der Waals surface area contributed by atoms with Gasteiger partial charge in [0, 0.05) is 18.9 Å². The molecule has 92 valence electrons. The van der Waals surface area contributed by atoms with Crippen LogP contribution >= 0.6 is 0 Å². The second kappa shape index (κ2) is 5.41.